The van der Waals surface area contributed by atoms with Crippen molar-refractivity contribution in [2.24, 2.45) is 5.73 Å². The van der Waals surface area contributed by atoms with E-state index in [1.54, 1.807) is 6.92 Å². The van der Waals surface area contributed by atoms with Gasteiger partial charge in [0, 0.05) is 5.54 Å². The van der Waals surface area contributed by atoms with Gasteiger partial charge < -0.3 is 15.6 Å². The van der Waals surface area contributed by atoms with E-state index in [1.165, 1.54) is 18.4 Å². The first-order valence-electron chi connectivity index (χ1n) is 4.54. The third kappa shape index (κ3) is 3.02. The predicted octanol–water partition coefficient (Wildman–Crippen LogP) is 0.787. The van der Waals surface area contributed by atoms with E-state index in [9.17, 15) is 4.79 Å². The Bertz CT molecular complexity index is 346. The zero-order chi connectivity index (χ0) is 11.5. The number of hydrogen-bond acceptors (Lipinski definition) is 5. The summed E-state index contributed by atoms with van der Waals surface area (Å²) in [6.45, 7) is 1.62. The van der Waals surface area contributed by atoms with Gasteiger partial charge in [-0.2, -0.15) is 0 Å². The molecule has 1 aromatic rings. The molecule has 0 aliphatic heterocycles. The van der Waals surface area contributed by atoms with Crippen molar-refractivity contribution in [3.63, 3.8) is 0 Å². The fourth-order valence-corrected chi connectivity index (χ4v) is 2.08. The minimum atomic E-state index is -0.705. The average molecular weight is 229 g/mol. The molecule has 0 aliphatic carbocycles. The number of nitrogens with two attached hydrogens (primary N) is 1. The second-order valence-electron chi connectivity index (χ2n) is 3.76. The molecule has 0 saturated carbocycles. The third-order valence-electron chi connectivity index (χ3n) is 2.07. The van der Waals surface area contributed by atoms with Crippen molar-refractivity contribution in [3.05, 3.63) is 21.9 Å². The fraction of sp³-hybridized carbons (Fsp3) is 0.500. The molecule has 0 saturated heterocycles. The molecule has 1 unspecified atom stereocenters. The normalized spacial score (nSPS) is 14.7. The summed E-state index contributed by atoms with van der Waals surface area (Å²) in [7, 11) is 1.35. The van der Waals surface area contributed by atoms with E-state index >= 15 is 0 Å². The predicted molar refractivity (Wildman–Crippen MR) is 59.0 cm³/mol. The number of hydrogen-bond donors (Lipinski definition) is 2. The van der Waals surface area contributed by atoms with Crippen LogP contribution in [0.4, 0.5) is 0 Å². The number of thiophene rings is 1. The summed E-state index contributed by atoms with van der Waals surface area (Å²) in [6.07, 6.45) is 0.456. The molecule has 1 aromatic heterocycles. The summed E-state index contributed by atoms with van der Waals surface area (Å²) in [5.41, 5.74) is 5.94. The average Bonchev–Trinajstić information content (AvgIpc) is 2.64. The smallest absolute Gasteiger partial charge is 0.348 e. The topological polar surface area (TPSA) is 72.5 Å². The van der Waals surface area contributed by atoms with E-state index in [0.29, 0.717) is 11.3 Å². The second kappa shape index (κ2) is 4.74. The maximum Gasteiger partial charge on any atom is 0.348 e. The van der Waals surface area contributed by atoms with Gasteiger partial charge in [-0.05, 0) is 30.4 Å². The number of esters is 1. The van der Waals surface area contributed by atoms with E-state index in [-0.39, 0.29) is 12.6 Å². The summed E-state index contributed by atoms with van der Waals surface area (Å²) in [6, 6.07) is 1.83. The molecule has 0 radical (unpaired) electrons. The molecule has 15 heavy (non-hydrogen) atoms. The van der Waals surface area contributed by atoms with Crippen molar-refractivity contribution < 1.29 is 14.6 Å². The molecular formula is C10H15NO3S. The highest BCUT2D eigenvalue weighted by molar-refractivity contribution is 7.12. The molecular weight excluding hydrogens is 214 g/mol. The van der Waals surface area contributed by atoms with Crippen LogP contribution in [0.2, 0.25) is 0 Å². The number of methoxy groups -OCH3 is 1. The largest absolute Gasteiger partial charge is 0.465 e. The monoisotopic (exact) mass is 229 g/mol. The number of carbonyl (C=O) groups excluding carboxylic acids is 1. The highest BCUT2D eigenvalue weighted by Gasteiger charge is 2.22. The SMILES string of the molecule is COC(=O)c1sccc1CC(C)(N)CO. The van der Waals surface area contributed by atoms with E-state index in [2.05, 4.69) is 4.74 Å². The maximum absolute atomic E-state index is 11.4. The van der Waals surface area contributed by atoms with Crippen LogP contribution in [0.1, 0.15) is 22.2 Å². The van der Waals surface area contributed by atoms with Crippen molar-refractivity contribution in [3.8, 4) is 0 Å². The van der Waals surface area contributed by atoms with Gasteiger partial charge in [0.1, 0.15) is 4.88 Å². The lowest BCUT2D eigenvalue weighted by atomic mass is 9.95. The quantitative estimate of drug-likeness (QED) is 0.749. The Morgan fingerprint density at radius 2 is 2.40 bits per heavy atom. The first-order chi connectivity index (χ1) is 7.00. The van der Waals surface area contributed by atoms with Crippen molar-refractivity contribution in [2.75, 3.05) is 13.7 Å². The minimum Gasteiger partial charge on any atom is -0.465 e. The number of aliphatic hydroxyl groups is 1. The van der Waals surface area contributed by atoms with Crippen LogP contribution in [0.5, 0.6) is 0 Å². The number of ether oxygens (including phenoxy) is 1. The first-order valence-corrected chi connectivity index (χ1v) is 5.42. The highest BCUT2D eigenvalue weighted by atomic mass is 32.1. The van der Waals surface area contributed by atoms with Gasteiger partial charge in [0.05, 0.1) is 13.7 Å². The lowest BCUT2D eigenvalue weighted by Crippen LogP contribution is -2.42. The van der Waals surface area contributed by atoms with Gasteiger partial charge in [-0.25, -0.2) is 4.79 Å². The van der Waals surface area contributed by atoms with E-state index in [0.717, 1.165) is 5.56 Å². The van der Waals surface area contributed by atoms with Crippen LogP contribution in [0.25, 0.3) is 0 Å². The molecule has 3 N–H and O–H groups in total. The van der Waals surface area contributed by atoms with Crippen LogP contribution >= 0.6 is 11.3 Å². The summed E-state index contributed by atoms with van der Waals surface area (Å²) in [5.74, 6) is -0.353. The molecule has 0 aliphatic rings. The summed E-state index contributed by atoms with van der Waals surface area (Å²) < 4.78 is 4.65. The zero-order valence-corrected chi connectivity index (χ0v) is 9.63. The molecule has 0 bridgehead atoms. The standard InChI is InChI=1S/C10H15NO3S/c1-10(11,6-12)5-7-3-4-15-8(7)9(13)14-2/h3-4,12H,5-6,11H2,1-2H3. The minimum absolute atomic E-state index is 0.122. The Hall–Kier alpha value is -0.910. The van der Waals surface area contributed by atoms with Crippen molar-refractivity contribution in [1.29, 1.82) is 0 Å². The van der Waals surface area contributed by atoms with Gasteiger partial charge in [0.25, 0.3) is 0 Å². The van der Waals surface area contributed by atoms with Gasteiger partial charge in [-0.15, -0.1) is 11.3 Å². The van der Waals surface area contributed by atoms with Crippen molar-refractivity contribution >= 4 is 17.3 Å². The Morgan fingerprint density at radius 3 is 2.93 bits per heavy atom. The third-order valence-corrected chi connectivity index (χ3v) is 3.01. The molecule has 1 rings (SSSR count). The maximum atomic E-state index is 11.4. The Morgan fingerprint density at radius 1 is 1.73 bits per heavy atom. The van der Waals surface area contributed by atoms with Crippen LogP contribution in [0.3, 0.4) is 0 Å². The lowest BCUT2D eigenvalue weighted by molar-refractivity contribution is 0.0604. The van der Waals surface area contributed by atoms with Crippen molar-refractivity contribution in [2.45, 2.75) is 18.9 Å². The van der Waals surface area contributed by atoms with Crippen LogP contribution in [-0.4, -0.2) is 30.3 Å². The van der Waals surface area contributed by atoms with Gasteiger partial charge in [-0.3, -0.25) is 0 Å². The van der Waals surface area contributed by atoms with E-state index in [4.69, 9.17) is 10.8 Å². The molecule has 5 heteroatoms. The molecule has 0 spiro atoms. The summed E-state index contributed by atoms with van der Waals surface area (Å²) in [5, 5.41) is 10.9. The van der Waals surface area contributed by atoms with Gasteiger partial charge in [0.15, 0.2) is 0 Å². The first kappa shape index (κ1) is 12.2. The van der Waals surface area contributed by atoms with Gasteiger partial charge >= 0.3 is 5.97 Å². The Kier molecular flexibility index (Phi) is 3.84. The molecule has 1 atom stereocenters. The van der Waals surface area contributed by atoms with Gasteiger partial charge in [0.2, 0.25) is 0 Å². The zero-order valence-electron chi connectivity index (χ0n) is 8.82. The summed E-state index contributed by atoms with van der Waals surface area (Å²) in [4.78, 5) is 11.9. The number of rotatable bonds is 4. The summed E-state index contributed by atoms with van der Waals surface area (Å²) >= 11 is 1.32. The fourth-order valence-electron chi connectivity index (χ4n) is 1.24. The molecule has 0 fully saturated rings. The highest BCUT2D eigenvalue weighted by Crippen LogP contribution is 2.21. The lowest BCUT2D eigenvalue weighted by Gasteiger charge is -2.21. The van der Waals surface area contributed by atoms with Crippen LogP contribution in [0, 0.1) is 0 Å². The van der Waals surface area contributed by atoms with Crippen molar-refractivity contribution in [1.82, 2.24) is 0 Å². The molecule has 1 heterocycles. The van der Waals surface area contributed by atoms with Crippen LogP contribution in [-0.2, 0) is 11.2 Å². The number of aliphatic hydroxyl groups excluding tert-OH is 1. The molecule has 0 amide bonds. The molecule has 4 nitrogen and oxygen atoms in total. The second-order valence-corrected chi connectivity index (χ2v) is 4.67. The van der Waals surface area contributed by atoms with E-state index < -0.39 is 5.54 Å². The number of carbonyl (C=O) groups is 1. The Balaban J connectivity index is 2.87. The Labute approximate surface area is 92.7 Å². The van der Waals surface area contributed by atoms with E-state index in [1.807, 2.05) is 11.4 Å². The molecule has 0 aromatic carbocycles. The molecule has 84 valence electrons. The van der Waals surface area contributed by atoms with Crippen LogP contribution < -0.4 is 5.73 Å². The van der Waals surface area contributed by atoms with Crippen LogP contribution in [0.15, 0.2) is 11.4 Å². The van der Waals surface area contributed by atoms with Gasteiger partial charge in [-0.1, -0.05) is 0 Å².